The Morgan fingerprint density at radius 1 is 1.21 bits per heavy atom. The molecule has 0 radical (unpaired) electrons. The van der Waals surface area contributed by atoms with E-state index >= 15 is 0 Å². The molecule has 0 saturated carbocycles. The smallest absolute Gasteiger partial charge is 0.246 e. The van der Waals surface area contributed by atoms with Crippen molar-refractivity contribution in [2.24, 2.45) is 0 Å². The van der Waals surface area contributed by atoms with Gasteiger partial charge in [-0.25, -0.2) is 8.42 Å². The fraction of sp³-hybridized carbons (Fsp3) is 0.522. The maximum atomic E-state index is 13.6. The highest BCUT2D eigenvalue weighted by Crippen LogP contribution is 2.31. The predicted molar refractivity (Wildman–Crippen MR) is 124 cm³/mol. The molecule has 1 aliphatic rings. The number of aromatic nitrogens is 2. The van der Waals surface area contributed by atoms with E-state index in [2.05, 4.69) is 15.3 Å². The molecule has 2 heterocycles. The molecule has 0 bridgehead atoms. The van der Waals surface area contributed by atoms with Crippen molar-refractivity contribution in [1.82, 2.24) is 19.6 Å². The number of aryl methyl sites for hydroxylation is 2. The van der Waals surface area contributed by atoms with Crippen LogP contribution in [0.15, 0.2) is 35.6 Å². The van der Waals surface area contributed by atoms with Crippen LogP contribution in [-0.4, -0.2) is 68.1 Å². The van der Waals surface area contributed by atoms with Gasteiger partial charge in [-0.15, -0.1) is 0 Å². The molecule has 1 unspecified atom stereocenters. The third-order valence-corrected chi connectivity index (χ3v) is 7.93. The number of nitrogens with zero attached hydrogens (tertiary/aromatic N) is 3. The van der Waals surface area contributed by atoms with E-state index in [1.54, 1.807) is 51.7 Å². The molecule has 9 nitrogen and oxygen atoms in total. The molecule has 1 aromatic heterocycles. The van der Waals surface area contributed by atoms with Crippen molar-refractivity contribution >= 4 is 15.9 Å². The van der Waals surface area contributed by atoms with Crippen LogP contribution in [-0.2, 0) is 26.0 Å². The van der Waals surface area contributed by atoms with E-state index in [-0.39, 0.29) is 25.2 Å². The number of carbonyl (C=O) groups excluding carboxylic acids is 1. The van der Waals surface area contributed by atoms with Gasteiger partial charge in [-0.05, 0) is 49.9 Å². The summed E-state index contributed by atoms with van der Waals surface area (Å²) in [6.07, 6.45) is 7.86. The summed E-state index contributed by atoms with van der Waals surface area (Å²) in [5.41, 5.74) is 2.10. The maximum Gasteiger partial charge on any atom is 0.246 e. The first-order valence-corrected chi connectivity index (χ1v) is 12.5. The Kier molecular flexibility index (Phi) is 8.76. The fourth-order valence-corrected chi connectivity index (χ4v) is 6.23. The van der Waals surface area contributed by atoms with Crippen molar-refractivity contribution in [1.29, 1.82) is 0 Å². The third-order valence-electron chi connectivity index (χ3n) is 5.67. The van der Waals surface area contributed by atoms with Crippen molar-refractivity contribution in [3.05, 3.63) is 47.5 Å². The summed E-state index contributed by atoms with van der Waals surface area (Å²) in [7, 11) is -2.15. The van der Waals surface area contributed by atoms with Gasteiger partial charge in [-0.3, -0.25) is 14.8 Å². The summed E-state index contributed by atoms with van der Waals surface area (Å²) < 4.78 is 39.5. The number of carbonyl (C=O) groups is 1. The zero-order valence-electron chi connectivity index (χ0n) is 19.4. The minimum atomic E-state index is -3.71. The largest absolute Gasteiger partial charge is 0.497 e. The van der Waals surface area contributed by atoms with Crippen LogP contribution in [0.5, 0.6) is 5.75 Å². The number of amides is 1. The van der Waals surface area contributed by atoms with Gasteiger partial charge in [-0.2, -0.15) is 4.31 Å². The topological polar surface area (TPSA) is 111 Å². The average molecular weight is 477 g/mol. The second kappa shape index (κ2) is 11.5. The summed E-state index contributed by atoms with van der Waals surface area (Å²) >= 11 is 0. The highest BCUT2D eigenvalue weighted by Gasteiger charge is 2.35. The molecule has 2 aromatic rings. The standard InChI is InChI=1S/C23H32N4O5S/c1-17-12-21(31-3)13-18(2)23(17)33(29,30)27-11-5-4-6-20(27)15-32-16-22(28)26-8-7-19-14-24-9-10-25-19/h9-10,12-14,20H,4-8,11,15-16H2,1-3H3,(H,26,28). The number of methoxy groups -OCH3 is 1. The zero-order valence-corrected chi connectivity index (χ0v) is 20.2. The van der Waals surface area contributed by atoms with Crippen LogP contribution in [0.2, 0.25) is 0 Å². The lowest BCUT2D eigenvalue weighted by atomic mass is 10.1. The monoisotopic (exact) mass is 476 g/mol. The highest BCUT2D eigenvalue weighted by atomic mass is 32.2. The van der Waals surface area contributed by atoms with E-state index in [1.165, 1.54) is 4.31 Å². The van der Waals surface area contributed by atoms with E-state index in [1.807, 2.05) is 0 Å². The lowest BCUT2D eigenvalue weighted by Crippen LogP contribution is -2.46. The molecular weight excluding hydrogens is 444 g/mol. The first-order chi connectivity index (χ1) is 15.8. The summed E-state index contributed by atoms with van der Waals surface area (Å²) in [6.45, 7) is 4.48. The summed E-state index contributed by atoms with van der Waals surface area (Å²) in [6, 6.07) is 3.17. The minimum Gasteiger partial charge on any atom is -0.497 e. The molecule has 1 fully saturated rings. The quantitative estimate of drug-likeness (QED) is 0.558. The number of hydrogen-bond donors (Lipinski definition) is 1. The van der Waals surface area contributed by atoms with Gasteiger partial charge in [0.2, 0.25) is 15.9 Å². The molecule has 33 heavy (non-hydrogen) atoms. The van der Waals surface area contributed by atoms with E-state index < -0.39 is 10.0 Å². The number of ether oxygens (including phenoxy) is 2. The molecule has 1 aliphatic heterocycles. The minimum absolute atomic E-state index is 0.120. The number of rotatable bonds is 10. The summed E-state index contributed by atoms with van der Waals surface area (Å²) in [5, 5.41) is 2.79. The van der Waals surface area contributed by atoms with Gasteiger partial charge < -0.3 is 14.8 Å². The molecule has 180 valence electrons. The van der Waals surface area contributed by atoms with Crippen LogP contribution in [0, 0.1) is 13.8 Å². The third kappa shape index (κ3) is 6.49. The van der Waals surface area contributed by atoms with E-state index in [9.17, 15) is 13.2 Å². The van der Waals surface area contributed by atoms with Gasteiger partial charge in [0.1, 0.15) is 12.4 Å². The van der Waals surface area contributed by atoms with Crippen LogP contribution in [0.4, 0.5) is 0 Å². The number of benzene rings is 1. The summed E-state index contributed by atoms with van der Waals surface area (Å²) in [5.74, 6) is 0.388. The number of sulfonamides is 1. The van der Waals surface area contributed by atoms with E-state index in [4.69, 9.17) is 9.47 Å². The van der Waals surface area contributed by atoms with E-state index in [0.717, 1.165) is 18.5 Å². The van der Waals surface area contributed by atoms with Crippen molar-refractivity contribution in [2.75, 3.05) is 33.4 Å². The molecule has 3 rings (SSSR count). The maximum absolute atomic E-state index is 13.6. The van der Waals surface area contributed by atoms with Crippen molar-refractivity contribution < 1.29 is 22.7 Å². The van der Waals surface area contributed by atoms with Crippen molar-refractivity contribution in [2.45, 2.75) is 50.5 Å². The predicted octanol–water partition coefficient (Wildman–Crippen LogP) is 2.02. The fourth-order valence-electron chi connectivity index (χ4n) is 4.14. The number of piperidine rings is 1. The second-order valence-corrected chi connectivity index (χ2v) is 9.99. The molecule has 0 spiro atoms. The van der Waals surface area contributed by atoms with Crippen molar-refractivity contribution in [3.8, 4) is 5.75 Å². The molecule has 1 atom stereocenters. The Hall–Kier alpha value is -2.56. The summed E-state index contributed by atoms with van der Waals surface area (Å²) in [4.78, 5) is 20.6. The van der Waals surface area contributed by atoms with Gasteiger partial charge in [0, 0.05) is 44.1 Å². The molecule has 0 aliphatic carbocycles. The Balaban J connectivity index is 1.57. The van der Waals surface area contributed by atoms with Crippen molar-refractivity contribution in [3.63, 3.8) is 0 Å². The second-order valence-electron chi connectivity index (χ2n) is 8.17. The Morgan fingerprint density at radius 3 is 2.64 bits per heavy atom. The lowest BCUT2D eigenvalue weighted by Gasteiger charge is -2.35. The molecule has 10 heteroatoms. The Morgan fingerprint density at radius 2 is 1.97 bits per heavy atom. The molecule has 1 saturated heterocycles. The molecular formula is C23H32N4O5S. The lowest BCUT2D eigenvalue weighted by molar-refractivity contribution is -0.126. The molecule has 1 amide bonds. The van der Waals surface area contributed by atoms with Gasteiger partial charge in [0.25, 0.3) is 0 Å². The molecule has 1 aromatic carbocycles. The normalized spacial score (nSPS) is 17.0. The van der Waals surface area contributed by atoms with Gasteiger partial charge in [-0.1, -0.05) is 6.42 Å². The first kappa shape index (κ1) is 25.1. The van der Waals surface area contributed by atoms with Crippen LogP contribution < -0.4 is 10.1 Å². The van der Waals surface area contributed by atoms with E-state index in [0.29, 0.717) is 47.7 Å². The van der Waals surface area contributed by atoms with Gasteiger partial charge in [0.05, 0.1) is 24.3 Å². The first-order valence-electron chi connectivity index (χ1n) is 11.1. The highest BCUT2D eigenvalue weighted by molar-refractivity contribution is 7.89. The Bertz CT molecular complexity index is 1020. The Labute approximate surface area is 195 Å². The zero-order chi connectivity index (χ0) is 23.8. The SMILES string of the molecule is COc1cc(C)c(S(=O)(=O)N2CCCCC2COCC(=O)NCCc2cnccn2)c(C)c1. The van der Waals surface area contributed by atoms with Crippen LogP contribution >= 0.6 is 0 Å². The number of nitrogens with one attached hydrogen (secondary N) is 1. The number of hydrogen-bond acceptors (Lipinski definition) is 7. The molecule has 1 N–H and O–H groups in total. The van der Waals surface area contributed by atoms with Crippen LogP contribution in [0.3, 0.4) is 0 Å². The van der Waals surface area contributed by atoms with Crippen LogP contribution in [0.1, 0.15) is 36.1 Å². The van der Waals surface area contributed by atoms with Gasteiger partial charge in [0.15, 0.2) is 0 Å². The van der Waals surface area contributed by atoms with Gasteiger partial charge >= 0.3 is 0 Å². The van der Waals surface area contributed by atoms with Crippen LogP contribution in [0.25, 0.3) is 0 Å². The average Bonchev–Trinajstić information content (AvgIpc) is 2.79.